The summed E-state index contributed by atoms with van der Waals surface area (Å²) < 4.78 is 5.63. The van der Waals surface area contributed by atoms with Crippen LogP contribution in [0.4, 0.5) is 5.69 Å². The van der Waals surface area contributed by atoms with Crippen molar-refractivity contribution in [1.29, 1.82) is 0 Å². The molecule has 3 aromatic rings. The Kier molecular flexibility index (Phi) is 5.50. The van der Waals surface area contributed by atoms with Crippen LogP contribution in [-0.2, 0) is 4.79 Å². The minimum Gasteiger partial charge on any atom is -0.484 e. The first kappa shape index (κ1) is 20.3. The van der Waals surface area contributed by atoms with Gasteiger partial charge in [-0.25, -0.2) is 0 Å². The van der Waals surface area contributed by atoms with Gasteiger partial charge >= 0.3 is 0 Å². The summed E-state index contributed by atoms with van der Waals surface area (Å²) in [5.74, 6) is -0.348. The van der Waals surface area contributed by atoms with Crippen molar-refractivity contribution in [2.24, 2.45) is 0 Å². The molecule has 0 aliphatic heterocycles. The number of benzene rings is 3. The van der Waals surface area contributed by atoms with Crippen molar-refractivity contribution >= 4 is 29.2 Å². The third-order valence-corrected chi connectivity index (χ3v) is 5.19. The Bertz CT molecular complexity index is 1180. The average molecular weight is 411 g/mol. The number of hydrogen-bond donors (Lipinski definition) is 1. The lowest BCUT2D eigenvalue weighted by Gasteiger charge is -2.12. The van der Waals surface area contributed by atoms with E-state index in [0.29, 0.717) is 22.4 Å². The molecule has 1 aliphatic carbocycles. The van der Waals surface area contributed by atoms with Crippen molar-refractivity contribution in [2.75, 3.05) is 11.9 Å². The largest absolute Gasteiger partial charge is 0.484 e. The second kappa shape index (κ2) is 8.40. The van der Waals surface area contributed by atoms with E-state index in [9.17, 15) is 14.4 Å². The summed E-state index contributed by atoms with van der Waals surface area (Å²) in [7, 11) is 0. The van der Waals surface area contributed by atoms with Gasteiger partial charge in [0.1, 0.15) is 5.75 Å². The summed E-state index contributed by atoms with van der Waals surface area (Å²) >= 11 is 0. The van der Waals surface area contributed by atoms with Gasteiger partial charge in [-0.1, -0.05) is 54.6 Å². The number of hydrogen-bond acceptors (Lipinski definition) is 4. The van der Waals surface area contributed by atoms with Gasteiger partial charge in [0.15, 0.2) is 18.2 Å². The number of nitrogens with one attached hydrogen (secondary N) is 1. The molecule has 5 heteroatoms. The van der Waals surface area contributed by atoms with Crippen LogP contribution in [0.3, 0.4) is 0 Å². The first-order valence-electron chi connectivity index (χ1n) is 9.93. The number of ether oxygens (including phenoxy) is 1. The zero-order chi connectivity index (χ0) is 22.0. The van der Waals surface area contributed by atoms with Crippen LogP contribution in [0, 0.1) is 13.8 Å². The second-order valence-corrected chi connectivity index (χ2v) is 7.44. The van der Waals surface area contributed by atoms with Gasteiger partial charge in [0.05, 0.1) is 5.57 Å². The summed E-state index contributed by atoms with van der Waals surface area (Å²) in [5.41, 5.74) is 4.38. The van der Waals surface area contributed by atoms with Crippen molar-refractivity contribution in [3.05, 3.63) is 100 Å². The molecule has 0 saturated heterocycles. The molecule has 0 aromatic heterocycles. The molecule has 154 valence electrons. The number of aryl methyl sites for hydroxylation is 2. The zero-order valence-electron chi connectivity index (χ0n) is 17.3. The highest BCUT2D eigenvalue weighted by atomic mass is 16.5. The maximum Gasteiger partial charge on any atom is 0.262 e. The van der Waals surface area contributed by atoms with Gasteiger partial charge in [0, 0.05) is 16.8 Å². The summed E-state index contributed by atoms with van der Waals surface area (Å²) in [5, 5.41) is 2.88. The Labute approximate surface area is 180 Å². The van der Waals surface area contributed by atoms with E-state index in [2.05, 4.69) is 5.32 Å². The molecule has 3 aromatic carbocycles. The van der Waals surface area contributed by atoms with Crippen LogP contribution in [0.2, 0.25) is 0 Å². The van der Waals surface area contributed by atoms with Gasteiger partial charge in [-0.3, -0.25) is 14.4 Å². The fourth-order valence-corrected chi connectivity index (χ4v) is 3.60. The van der Waals surface area contributed by atoms with Crippen LogP contribution in [0.15, 0.2) is 72.3 Å². The fraction of sp³-hybridized carbons (Fsp3) is 0.115. The number of Topliss-reactive ketones (excluding diaryl/α,β-unsaturated/α-hetero) is 2. The Morgan fingerprint density at radius 2 is 1.48 bits per heavy atom. The number of amides is 1. The topological polar surface area (TPSA) is 72.5 Å². The van der Waals surface area contributed by atoms with Crippen LogP contribution >= 0.6 is 0 Å². The van der Waals surface area contributed by atoms with Gasteiger partial charge in [-0.05, 0) is 48.7 Å². The van der Waals surface area contributed by atoms with Crippen LogP contribution in [-0.4, -0.2) is 24.1 Å². The van der Waals surface area contributed by atoms with Crippen molar-refractivity contribution in [1.82, 2.24) is 0 Å². The number of carbonyl (C=O) groups excluding carboxylic acids is 3. The number of fused-ring (bicyclic) bond motifs is 1. The Hall–Kier alpha value is -3.99. The van der Waals surface area contributed by atoms with Crippen molar-refractivity contribution < 1.29 is 19.1 Å². The van der Waals surface area contributed by atoms with Gasteiger partial charge in [-0.15, -0.1) is 0 Å². The molecular formula is C26H21NO4. The predicted molar refractivity (Wildman–Crippen MR) is 120 cm³/mol. The van der Waals surface area contributed by atoms with Gasteiger partial charge in [0.25, 0.3) is 5.91 Å². The fourth-order valence-electron chi connectivity index (χ4n) is 3.60. The van der Waals surface area contributed by atoms with Gasteiger partial charge in [-0.2, -0.15) is 0 Å². The molecule has 1 aliphatic rings. The molecule has 0 spiro atoms. The molecular weight excluding hydrogens is 390 g/mol. The number of carbonyl (C=O) groups is 3. The van der Waals surface area contributed by atoms with E-state index in [1.807, 2.05) is 32.0 Å². The van der Waals surface area contributed by atoms with Crippen molar-refractivity contribution in [3.63, 3.8) is 0 Å². The van der Waals surface area contributed by atoms with E-state index in [1.54, 1.807) is 54.6 Å². The molecule has 1 N–H and O–H groups in total. The predicted octanol–water partition coefficient (Wildman–Crippen LogP) is 4.78. The molecule has 0 fully saturated rings. The molecule has 4 rings (SSSR count). The molecule has 1 amide bonds. The molecule has 0 bridgehead atoms. The first-order chi connectivity index (χ1) is 14.9. The smallest absolute Gasteiger partial charge is 0.262 e. The maximum atomic E-state index is 12.6. The number of para-hydroxylation sites is 1. The van der Waals surface area contributed by atoms with Crippen LogP contribution in [0.25, 0.3) is 6.08 Å². The highest BCUT2D eigenvalue weighted by molar-refractivity contribution is 6.41. The Morgan fingerprint density at radius 1 is 0.871 bits per heavy atom. The summed E-state index contributed by atoms with van der Waals surface area (Å²) in [6, 6.07) is 19.6. The Balaban J connectivity index is 1.46. The van der Waals surface area contributed by atoms with E-state index in [4.69, 9.17) is 4.74 Å². The minimum absolute atomic E-state index is 0.131. The van der Waals surface area contributed by atoms with Crippen LogP contribution in [0.1, 0.15) is 37.4 Å². The Morgan fingerprint density at radius 3 is 2.13 bits per heavy atom. The summed E-state index contributed by atoms with van der Waals surface area (Å²) in [6.07, 6.45) is 1.56. The van der Waals surface area contributed by atoms with Gasteiger partial charge < -0.3 is 10.1 Å². The lowest BCUT2D eigenvalue weighted by atomic mass is 10.1. The highest BCUT2D eigenvalue weighted by Crippen LogP contribution is 2.28. The second-order valence-electron chi connectivity index (χ2n) is 7.44. The number of anilines is 1. The van der Waals surface area contributed by atoms with Crippen molar-refractivity contribution in [2.45, 2.75) is 13.8 Å². The molecule has 5 nitrogen and oxygen atoms in total. The first-order valence-corrected chi connectivity index (χ1v) is 9.93. The normalized spacial score (nSPS) is 12.5. The average Bonchev–Trinajstić information content (AvgIpc) is 3.00. The van der Waals surface area contributed by atoms with E-state index in [0.717, 1.165) is 16.8 Å². The quantitative estimate of drug-likeness (QED) is 0.484. The SMILES string of the molecule is Cc1cccc(C)c1NC(=O)COc1cccc(C=C2C(=O)c3ccccc3C2=O)c1. The monoisotopic (exact) mass is 411 g/mol. The standard InChI is InChI=1S/C26H21NO4/c1-16-7-5-8-17(2)24(16)27-23(28)15-31-19-10-6-9-18(13-19)14-22-25(29)20-11-3-4-12-21(20)26(22)30/h3-14H,15H2,1-2H3,(H,27,28). The van der Waals surface area contributed by atoms with Gasteiger partial charge in [0.2, 0.25) is 0 Å². The molecule has 0 heterocycles. The van der Waals surface area contributed by atoms with E-state index in [1.165, 1.54) is 0 Å². The highest BCUT2D eigenvalue weighted by Gasteiger charge is 2.32. The lowest BCUT2D eigenvalue weighted by Crippen LogP contribution is -2.21. The number of allylic oxidation sites excluding steroid dienone is 1. The lowest BCUT2D eigenvalue weighted by molar-refractivity contribution is -0.118. The van der Waals surface area contributed by atoms with E-state index >= 15 is 0 Å². The molecule has 31 heavy (non-hydrogen) atoms. The number of rotatable bonds is 5. The molecule has 0 unspecified atom stereocenters. The molecule has 0 atom stereocenters. The third-order valence-electron chi connectivity index (χ3n) is 5.19. The minimum atomic E-state index is -0.278. The zero-order valence-corrected chi connectivity index (χ0v) is 17.3. The van der Waals surface area contributed by atoms with E-state index < -0.39 is 0 Å². The van der Waals surface area contributed by atoms with E-state index in [-0.39, 0.29) is 29.7 Å². The molecule has 0 radical (unpaired) electrons. The maximum absolute atomic E-state index is 12.6. The molecule has 0 saturated carbocycles. The summed E-state index contributed by atoms with van der Waals surface area (Å²) in [6.45, 7) is 3.71. The van der Waals surface area contributed by atoms with Crippen LogP contribution < -0.4 is 10.1 Å². The summed E-state index contributed by atoms with van der Waals surface area (Å²) in [4.78, 5) is 37.5. The van der Waals surface area contributed by atoms with Crippen molar-refractivity contribution in [3.8, 4) is 5.75 Å². The van der Waals surface area contributed by atoms with Crippen LogP contribution in [0.5, 0.6) is 5.75 Å². The third kappa shape index (κ3) is 4.16. The number of ketones is 2.